The molecule has 13 heteroatoms. The summed E-state index contributed by atoms with van der Waals surface area (Å²) in [4.78, 5) is 27.2. The third-order valence-electron chi connectivity index (χ3n) is 4.91. The van der Waals surface area contributed by atoms with E-state index < -0.39 is 15.9 Å². The summed E-state index contributed by atoms with van der Waals surface area (Å²) < 4.78 is 25.7. The molecule has 184 valence electrons. The van der Waals surface area contributed by atoms with E-state index in [2.05, 4.69) is 25.7 Å². The fourth-order valence-electron chi connectivity index (χ4n) is 3.11. The zero-order valence-electron chi connectivity index (χ0n) is 18.5. The van der Waals surface area contributed by atoms with Crippen molar-refractivity contribution in [2.75, 3.05) is 5.32 Å². The molecular formula is C23H17Cl3N6O3S. The number of carbonyl (C=O) groups is 1. The molecule has 0 fully saturated rings. The molecule has 0 saturated heterocycles. The maximum absolute atomic E-state index is 12.9. The summed E-state index contributed by atoms with van der Waals surface area (Å²) in [6.45, 7) is 1.80. The first-order chi connectivity index (χ1) is 17.1. The van der Waals surface area contributed by atoms with Crippen molar-refractivity contribution >= 4 is 62.4 Å². The van der Waals surface area contributed by atoms with Crippen LogP contribution in [0.25, 0.3) is 11.3 Å². The fraction of sp³-hybridized carbons (Fsp3) is 0.0435. The second kappa shape index (κ2) is 10.8. The molecule has 9 nitrogen and oxygen atoms in total. The van der Waals surface area contributed by atoms with Crippen molar-refractivity contribution in [2.45, 2.75) is 11.8 Å². The number of hydrogen-bond donors (Lipinski definition) is 3. The van der Waals surface area contributed by atoms with E-state index in [-0.39, 0.29) is 31.5 Å². The second-order valence-electron chi connectivity index (χ2n) is 7.41. The molecule has 1 amide bonds. The molecule has 0 saturated carbocycles. The smallest absolute Gasteiger partial charge is 0.269 e. The van der Waals surface area contributed by atoms with E-state index in [1.807, 2.05) is 10.9 Å². The molecule has 2 aromatic heterocycles. The van der Waals surface area contributed by atoms with E-state index in [1.54, 1.807) is 43.7 Å². The third kappa shape index (κ3) is 5.92. The molecule has 0 aliphatic rings. The summed E-state index contributed by atoms with van der Waals surface area (Å²) in [5, 5.41) is 3.21. The van der Waals surface area contributed by atoms with Crippen LogP contribution in [0.5, 0.6) is 0 Å². The van der Waals surface area contributed by atoms with Crippen molar-refractivity contribution in [2.24, 2.45) is 0 Å². The standard InChI is InChI=1S/C23H17Cl3N6O3S/c1-13-4-5-16(36(34,35)32-31-22(33)21-17(25)9-15(24)10-18(21)26)11-20(13)30-23-28-8-6-19(29-23)14-3-2-7-27-12-14/h2-12,32H,1H3,(H,31,33)(H,28,29,30). The van der Waals surface area contributed by atoms with Crippen molar-refractivity contribution in [3.63, 3.8) is 0 Å². The van der Waals surface area contributed by atoms with Gasteiger partial charge in [0, 0.05) is 34.9 Å². The molecule has 0 radical (unpaired) electrons. The van der Waals surface area contributed by atoms with Gasteiger partial charge in [-0.3, -0.25) is 15.2 Å². The minimum absolute atomic E-state index is 0.0282. The number of aromatic nitrogens is 3. The van der Waals surface area contributed by atoms with Crippen LogP contribution >= 0.6 is 34.8 Å². The summed E-state index contributed by atoms with van der Waals surface area (Å²) in [6.07, 6.45) is 4.92. The van der Waals surface area contributed by atoms with Gasteiger partial charge in [-0.15, -0.1) is 4.83 Å². The zero-order chi connectivity index (χ0) is 25.9. The van der Waals surface area contributed by atoms with Crippen LogP contribution in [0.1, 0.15) is 15.9 Å². The minimum Gasteiger partial charge on any atom is -0.324 e. The highest BCUT2D eigenvalue weighted by Crippen LogP contribution is 2.29. The summed E-state index contributed by atoms with van der Waals surface area (Å²) >= 11 is 17.9. The lowest BCUT2D eigenvalue weighted by atomic mass is 10.2. The Balaban J connectivity index is 1.53. The number of hydrazine groups is 1. The van der Waals surface area contributed by atoms with E-state index in [9.17, 15) is 13.2 Å². The van der Waals surface area contributed by atoms with Crippen molar-refractivity contribution in [3.8, 4) is 11.3 Å². The number of halogens is 3. The van der Waals surface area contributed by atoms with E-state index in [1.165, 1.54) is 24.3 Å². The Hall–Kier alpha value is -3.28. The molecule has 4 aromatic rings. The van der Waals surface area contributed by atoms with Crippen molar-refractivity contribution in [3.05, 3.63) is 93.3 Å². The normalized spacial score (nSPS) is 11.2. The van der Waals surface area contributed by atoms with Gasteiger partial charge in [-0.1, -0.05) is 40.9 Å². The first-order valence-corrected chi connectivity index (χ1v) is 12.8. The largest absolute Gasteiger partial charge is 0.324 e. The SMILES string of the molecule is Cc1ccc(S(=O)(=O)NNC(=O)c2c(Cl)cc(Cl)cc2Cl)cc1Nc1nccc(-c2cccnc2)n1. The molecule has 0 aliphatic carbocycles. The van der Waals surface area contributed by atoms with Crippen LogP contribution in [0.2, 0.25) is 15.1 Å². The Morgan fingerprint density at radius 2 is 1.72 bits per heavy atom. The number of anilines is 2. The van der Waals surface area contributed by atoms with Crippen LogP contribution in [0.15, 0.2) is 72.0 Å². The number of nitrogens with one attached hydrogen (secondary N) is 3. The first kappa shape index (κ1) is 25.8. The molecule has 2 aromatic carbocycles. The van der Waals surface area contributed by atoms with Gasteiger partial charge in [0.2, 0.25) is 5.95 Å². The number of sulfonamides is 1. The van der Waals surface area contributed by atoms with Crippen LogP contribution in [0.4, 0.5) is 11.6 Å². The summed E-state index contributed by atoms with van der Waals surface area (Å²) in [5.41, 5.74) is 4.63. The molecule has 0 atom stereocenters. The lowest BCUT2D eigenvalue weighted by Gasteiger charge is -2.13. The number of nitrogens with zero attached hydrogens (tertiary/aromatic N) is 3. The predicted molar refractivity (Wildman–Crippen MR) is 139 cm³/mol. The van der Waals surface area contributed by atoms with Crippen LogP contribution in [-0.2, 0) is 10.0 Å². The second-order valence-corrected chi connectivity index (χ2v) is 10.3. The topological polar surface area (TPSA) is 126 Å². The Bertz CT molecular complexity index is 1530. The maximum atomic E-state index is 12.9. The van der Waals surface area contributed by atoms with Gasteiger partial charge in [-0.05, 0) is 55.0 Å². The van der Waals surface area contributed by atoms with Gasteiger partial charge in [0.1, 0.15) is 0 Å². The summed E-state index contributed by atoms with van der Waals surface area (Å²) in [5.74, 6) is -0.585. The zero-order valence-corrected chi connectivity index (χ0v) is 21.5. The number of aryl methyl sites for hydroxylation is 1. The van der Waals surface area contributed by atoms with E-state index in [0.717, 1.165) is 11.1 Å². The maximum Gasteiger partial charge on any atom is 0.269 e. The average Bonchev–Trinajstić information content (AvgIpc) is 2.84. The molecule has 0 bridgehead atoms. The first-order valence-electron chi connectivity index (χ1n) is 10.2. The monoisotopic (exact) mass is 562 g/mol. The molecule has 3 N–H and O–H groups in total. The van der Waals surface area contributed by atoms with Gasteiger partial charge in [0.15, 0.2) is 0 Å². The predicted octanol–water partition coefficient (Wildman–Crippen LogP) is 5.17. The highest BCUT2D eigenvalue weighted by atomic mass is 35.5. The fourth-order valence-corrected chi connectivity index (χ4v) is 4.97. The Kier molecular flexibility index (Phi) is 7.72. The van der Waals surface area contributed by atoms with Crippen molar-refractivity contribution in [1.82, 2.24) is 25.2 Å². The number of hydrogen-bond acceptors (Lipinski definition) is 7. The van der Waals surface area contributed by atoms with Crippen molar-refractivity contribution in [1.29, 1.82) is 0 Å². The average molecular weight is 564 g/mol. The molecule has 36 heavy (non-hydrogen) atoms. The Morgan fingerprint density at radius 3 is 2.42 bits per heavy atom. The van der Waals surface area contributed by atoms with Gasteiger partial charge >= 0.3 is 0 Å². The van der Waals surface area contributed by atoms with E-state index in [4.69, 9.17) is 34.8 Å². The lowest BCUT2D eigenvalue weighted by Crippen LogP contribution is -2.41. The van der Waals surface area contributed by atoms with Gasteiger partial charge in [0.25, 0.3) is 15.9 Å². The van der Waals surface area contributed by atoms with Gasteiger partial charge in [-0.25, -0.2) is 18.4 Å². The van der Waals surface area contributed by atoms with Crippen LogP contribution in [-0.4, -0.2) is 29.3 Å². The molecular weight excluding hydrogens is 547 g/mol. The number of benzene rings is 2. The van der Waals surface area contributed by atoms with Gasteiger partial charge in [0.05, 0.1) is 26.2 Å². The van der Waals surface area contributed by atoms with Crippen LogP contribution in [0.3, 0.4) is 0 Å². The Labute approximate surface area is 221 Å². The summed E-state index contributed by atoms with van der Waals surface area (Å²) in [6, 6.07) is 12.4. The molecule has 0 unspecified atom stereocenters. The molecule has 2 heterocycles. The highest BCUT2D eigenvalue weighted by molar-refractivity contribution is 7.89. The molecule has 4 rings (SSSR count). The molecule has 0 aliphatic heterocycles. The number of rotatable bonds is 7. The molecule has 0 spiro atoms. The lowest BCUT2D eigenvalue weighted by molar-refractivity contribution is 0.0945. The highest BCUT2D eigenvalue weighted by Gasteiger charge is 2.20. The number of carbonyl (C=O) groups excluding carboxylic acids is 1. The quantitative estimate of drug-likeness (QED) is 0.265. The third-order valence-corrected chi connectivity index (χ3v) is 6.97. The number of amides is 1. The van der Waals surface area contributed by atoms with Gasteiger partial charge < -0.3 is 5.32 Å². The van der Waals surface area contributed by atoms with Crippen LogP contribution in [0, 0.1) is 6.92 Å². The van der Waals surface area contributed by atoms with Crippen molar-refractivity contribution < 1.29 is 13.2 Å². The number of pyridine rings is 1. The van der Waals surface area contributed by atoms with E-state index in [0.29, 0.717) is 11.4 Å². The summed E-state index contributed by atoms with van der Waals surface area (Å²) in [7, 11) is -4.16. The van der Waals surface area contributed by atoms with Gasteiger partial charge in [-0.2, -0.15) is 0 Å². The minimum atomic E-state index is -4.16. The van der Waals surface area contributed by atoms with Crippen LogP contribution < -0.4 is 15.6 Å². The Morgan fingerprint density at radius 1 is 0.972 bits per heavy atom. The van der Waals surface area contributed by atoms with E-state index >= 15 is 0 Å².